The Morgan fingerprint density at radius 1 is 1.04 bits per heavy atom. The molecule has 6 nitrogen and oxygen atoms in total. The summed E-state index contributed by atoms with van der Waals surface area (Å²) in [5, 5.41) is 0. The first kappa shape index (κ1) is 20.8. The van der Waals surface area contributed by atoms with Crippen molar-refractivity contribution in [1.82, 2.24) is 5.48 Å². The number of halogens is 3. The van der Waals surface area contributed by atoms with Crippen molar-refractivity contribution in [2.24, 2.45) is 0 Å². The summed E-state index contributed by atoms with van der Waals surface area (Å²) in [6, 6.07) is 14.1. The normalized spacial score (nSPS) is 13.1. The van der Waals surface area contributed by atoms with Gasteiger partial charge >= 0.3 is 16.2 Å². The smallest absolute Gasteiger partial charge is 0.433 e. The minimum atomic E-state index is -4.22. The van der Waals surface area contributed by atoms with Crippen molar-refractivity contribution in [3.8, 4) is 0 Å². The third-order valence-electron chi connectivity index (χ3n) is 3.17. The third-order valence-corrected chi connectivity index (χ3v) is 4.92. The number of benzene rings is 2. The first-order valence-electron chi connectivity index (χ1n) is 7.18. The molecule has 2 aromatic carbocycles. The zero-order valence-corrected chi connectivity index (χ0v) is 16.4. The van der Waals surface area contributed by atoms with E-state index in [0.29, 0.717) is 5.56 Å². The second-order valence-electron chi connectivity index (χ2n) is 5.19. The highest BCUT2D eigenvalue weighted by Crippen LogP contribution is 2.42. The van der Waals surface area contributed by atoms with E-state index in [0.717, 1.165) is 5.56 Å². The number of nitrogens with one attached hydrogen (secondary N) is 1. The predicted molar refractivity (Wildman–Crippen MR) is 98.5 cm³/mol. The van der Waals surface area contributed by atoms with Crippen LogP contribution in [-0.2, 0) is 19.1 Å². The molecule has 0 heterocycles. The van der Waals surface area contributed by atoms with E-state index in [2.05, 4.69) is 4.28 Å². The van der Waals surface area contributed by atoms with Gasteiger partial charge in [-0.2, -0.15) is 13.9 Å². The fourth-order valence-corrected chi connectivity index (χ4v) is 3.18. The highest BCUT2D eigenvalue weighted by molar-refractivity contribution is 7.86. The standard InChI is InChI=1S/C16H14Cl3NO5S/c1-11-7-9-13(10-8-11)26(22,23)25-20-15(21)24-14(16(17,18)19)12-5-3-2-4-6-12/h2-10,14H,1H3,(H,20,21)/t14-/m1/s1. The molecule has 1 N–H and O–H groups in total. The van der Waals surface area contributed by atoms with Crippen LogP contribution in [0.25, 0.3) is 0 Å². The summed E-state index contributed by atoms with van der Waals surface area (Å²) in [6.07, 6.45) is -2.51. The minimum absolute atomic E-state index is 0.135. The quantitative estimate of drug-likeness (QED) is 0.551. The molecule has 1 amide bonds. The van der Waals surface area contributed by atoms with E-state index in [1.807, 2.05) is 0 Å². The molecule has 2 rings (SSSR count). The highest BCUT2D eigenvalue weighted by atomic mass is 35.6. The van der Waals surface area contributed by atoms with Crippen LogP contribution in [0, 0.1) is 6.92 Å². The van der Waals surface area contributed by atoms with E-state index >= 15 is 0 Å². The van der Waals surface area contributed by atoms with E-state index in [-0.39, 0.29) is 4.90 Å². The summed E-state index contributed by atoms with van der Waals surface area (Å²) < 4.78 is 31.6. The van der Waals surface area contributed by atoms with Crippen LogP contribution >= 0.6 is 34.8 Å². The van der Waals surface area contributed by atoms with Crippen molar-refractivity contribution in [1.29, 1.82) is 0 Å². The fraction of sp³-hybridized carbons (Fsp3) is 0.188. The molecule has 0 bridgehead atoms. The van der Waals surface area contributed by atoms with E-state index < -0.39 is 26.1 Å². The molecule has 0 spiro atoms. The Balaban J connectivity index is 2.05. The van der Waals surface area contributed by atoms with Crippen LogP contribution in [0.15, 0.2) is 59.5 Å². The highest BCUT2D eigenvalue weighted by Gasteiger charge is 2.37. The van der Waals surface area contributed by atoms with E-state index in [4.69, 9.17) is 39.5 Å². The first-order chi connectivity index (χ1) is 12.1. The molecule has 0 saturated heterocycles. The second-order valence-corrected chi connectivity index (χ2v) is 9.11. The molecule has 0 unspecified atom stereocenters. The van der Waals surface area contributed by atoms with Crippen LogP contribution in [0.1, 0.15) is 17.2 Å². The molecule has 140 valence electrons. The number of hydrogen-bond donors (Lipinski definition) is 1. The molecular weight excluding hydrogens is 425 g/mol. The van der Waals surface area contributed by atoms with Crippen LogP contribution in [0.3, 0.4) is 0 Å². The summed E-state index contributed by atoms with van der Waals surface area (Å²) >= 11 is 17.5. The Morgan fingerprint density at radius 3 is 2.15 bits per heavy atom. The van der Waals surface area contributed by atoms with Crippen molar-refractivity contribution >= 4 is 51.0 Å². The Morgan fingerprint density at radius 2 is 1.62 bits per heavy atom. The monoisotopic (exact) mass is 437 g/mol. The van der Waals surface area contributed by atoms with Crippen molar-refractivity contribution in [3.63, 3.8) is 0 Å². The topological polar surface area (TPSA) is 81.7 Å². The molecule has 0 aromatic heterocycles. The summed E-state index contributed by atoms with van der Waals surface area (Å²) in [6.45, 7) is 1.80. The van der Waals surface area contributed by atoms with Gasteiger partial charge in [-0.15, -0.1) is 4.28 Å². The lowest BCUT2D eigenvalue weighted by atomic mass is 10.1. The van der Waals surface area contributed by atoms with Crippen molar-refractivity contribution in [2.45, 2.75) is 21.7 Å². The number of rotatable bonds is 5. The molecule has 26 heavy (non-hydrogen) atoms. The Bertz CT molecular complexity index is 852. The molecular formula is C16H14Cl3NO5S. The molecule has 2 aromatic rings. The summed E-state index contributed by atoms with van der Waals surface area (Å²) in [7, 11) is -4.22. The van der Waals surface area contributed by atoms with Gasteiger partial charge in [0, 0.05) is 0 Å². The van der Waals surface area contributed by atoms with Gasteiger partial charge in [0.2, 0.25) is 3.79 Å². The lowest BCUT2D eigenvalue weighted by Gasteiger charge is -2.24. The average Bonchev–Trinajstić information content (AvgIpc) is 2.58. The molecule has 1 atom stereocenters. The largest absolute Gasteiger partial charge is 0.435 e. The number of alkyl halides is 3. The maximum absolute atomic E-state index is 12.0. The maximum Gasteiger partial charge on any atom is 0.433 e. The van der Waals surface area contributed by atoms with E-state index in [1.54, 1.807) is 54.9 Å². The van der Waals surface area contributed by atoms with Gasteiger partial charge in [0.05, 0.1) is 4.90 Å². The summed E-state index contributed by atoms with van der Waals surface area (Å²) in [4.78, 5) is 11.8. The number of carbonyl (C=O) groups is 1. The second kappa shape index (κ2) is 8.45. The number of hydroxylamine groups is 1. The Kier molecular flexibility index (Phi) is 6.76. The zero-order valence-electron chi connectivity index (χ0n) is 13.4. The van der Waals surface area contributed by atoms with Gasteiger partial charge in [-0.3, -0.25) is 0 Å². The minimum Gasteiger partial charge on any atom is -0.435 e. The van der Waals surface area contributed by atoms with E-state index in [1.165, 1.54) is 12.1 Å². The Hall–Kier alpha value is -1.51. The fourth-order valence-electron chi connectivity index (χ4n) is 1.92. The number of aryl methyl sites for hydroxylation is 1. The van der Waals surface area contributed by atoms with Gasteiger partial charge in [0.1, 0.15) is 0 Å². The maximum atomic E-state index is 12.0. The van der Waals surface area contributed by atoms with Gasteiger partial charge in [-0.25, -0.2) is 4.79 Å². The number of hydrogen-bond acceptors (Lipinski definition) is 5. The molecule has 0 aliphatic heterocycles. The van der Waals surface area contributed by atoms with Gasteiger partial charge in [-0.05, 0) is 24.6 Å². The van der Waals surface area contributed by atoms with Crippen LogP contribution in [0.4, 0.5) is 4.79 Å². The molecule has 0 aliphatic carbocycles. The van der Waals surface area contributed by atoms with Crippen molar-refractivity contribution in [2.75, 3.05) is 0 Å². The van der Waals surface area contributed by atoms with Crippen LogP contribution in [-0.4, -0.2) is 18.3 Å². The van der Waals surface area contributed by atoms with Crippen LogP contribution in [0.2, 0.25) is 0 Å². The number of carbonyl (C=O) groups excluding carboxylic acids is 1. The number of ether oxygens (including phenoxy) is 1. The third kappa shape index (κ3) is 5.75. The zero-order chi connectivity index (χ0) is 19.4. The SMILES string of the molecule is Cc1ccc(S(=O)(=O)ONC(=O)O[C@H](c2ccccc2)C(Cl)(Cl)Cl)cc1. The van der Waals surface area contributed by atoms with Crippen LogP contribution < -0.4 is 5.48 Å². The predicted octanol–water partition coefficient (Wildman–Crippen LogP) is 4.45. The molecule has 10 heteroatoms. The molecule has 0 radical (unpaired) electrons. The van der Waals surface area contributed by atoms with Gasteiger partial charge in [-0.1, -0.05) is 82.8 Å². The molecule has 0 aliphatic rings. The molecule has 0 fully saturated rings. The number of amides is 1. The Labute approximate surface area is 166 Å². The van der Waals surface area contributed by atoms with E-state index in [9.17, 15) is 13.2 Å². The lowest BCUT2D eigenvalue weighted by Crippen LogP contribution is -2.32. The van der Waals surface area contributed by atoms with Gasteiger partial charge in [0.25, 0.3) is 0 Å². The van der Waals surface area contributed by atoms with Crippen molar-refractivity contribution in [3.05, 3.63) is 65.7 Å². The lowest BCUT2D eigenvalue weighted by molar-refractivity contribution is 0.0670. The van der Waals surface area contributed by atoms with Crippen molar-refractivity contribution < 1.29 is 22.2 Å². The summed E-state index contributed by atoms with van der Waals surface area (Å²) in [5.74, 6) is 0. The molecule has 0 saturated carbocycles. The first-order valence-corrected chi connectivity index (χ1v) is 9.72. The summed E-state index contributed by atoms with van der Waals surface area (Å²) in [5.41, 5.74) is 2.96. The van der Waals surface area contributed by atoms with Crippen LogP contribution in [0.5, 0.6) is 0 Å². The van der Waals surface area contributed by atoms with Gasteiger partial charge < -0.3 is 4.74 Å². The average molecular weight is 439 g/mol. The van der Waals surface area contributed by atoms with Gasteiger partial charge in [0.15, 0.2) is 6.10 Å².